The van der Waals surface area contributed by atoms with E-state index in [4.69, 9.17) is 0 Å². The molecule has 2 heterocycles. The van der Waals surface area contributed by atoms with Crippen molar-refractivity contribution in [3.8, 4) is 6.07 Å². The zero-order valence-corrected chi connectivity index (χ0v) is 21.6. The number of hydrogen-bond donors (Lipinski definition) is 3. The van der Waals surface area contributed by atoms with E-state index in [0.29, 0.717) is 27.6 Å². The third-order valence-corrected chi connectivity index (χ3v) is 7.70. The smallest absolute Gasteiger partial charge is 0.254 e. The van der Waals surface area contributed by atoms with E-state index >= 15 is 0 Å². The molecule has 2 amide bonds. The number of anilines is 2. The minimum atomic E-state index is -0.521. The fraction of sp³-hybridized carbons (Fsp3) is 0.179. The van der Waals surface area contributed by atoms with E-state index in [-0.39, 0.29) is 17.6 Å². The predicted molar refractivity (Wildman–Crippen MR) is 148 cm³/mol. The molecule has 3 N–H and O–H groups in total. The van der Waals surface area contributed by atoms with E-state index in [1.807, 2.05) is 79.0 Å². The number of nitrogens with zero attached hydrogens (tertiary/aromatic N) is 1. The van der Waals surface area contributed by atoms with Gasteiger partial charge in [0.1, 0.15) is 0 Å². The number of thioether (sulfide) groups is 1. The first-order valence-electron chi connectivity index (χ1n) is 11.5. The average Bonchev–Trinajstić information content (AvgIpc) is 3.42. The standard InChI is InChI=1S/C28H26N4O2S2/c1-3-19-11-13-21(14-12-19)31-24(33)17-36-28-22(16-29)26(23-10-7-15-35-23)25(18(2)30-28)27(34)32-20-8-5-4-6-9-20/h4-15,26,30H,3,17H2,1-2H3,(H,31,33)(H,32,34)/t26-/m1/s1. The Morgan fingerprint density at radius 2 is 1.75 bits per heavy atom. The summed E-state index contributed by atoms with van der Waals surface area (Å²) in [4.78, 5) is 26.9. The molecule has 1 aromatic heterocycles. The SMILES string of the molecule is CCc1ccc(NC(=O)CSC2=C(C#N)[C@H](c3cccs3)C(C(=O)Nc3ccccc3)=C(C)N2)cc1. The van der Waals surface area contributed by atoms with Gasteiger partial charge in [0.25, 0.3) is 5.91 Å². The molecule has 0 saturated heterocycles. The number of aryl methyl sites for hydroxylation is 1. The minimum Gasteiger partial charge on any atom is -0.353 e. The van der Waals surface area contributed by atoms with Crippen molar-refractivity contribution in [2.24, 2.45) is 0 Å². The van der Waals surface area contributed by atoms with Gasteiger partial charge in [-0.25, -0.2) is 0 Å². The average molecular weight is 515 g/mol. The predicted octanol–water partition coefficient (Wildman–Crippen LogP) is 6.02. The lowest BCUT2D eigenvalue weighted by atomic mass is 9.86. The van der Waals surface area contributed by atoms with Crippen molar-refractivity contribution in [3.05, 3.63) is 104 Å². The van der Waals surface area contributed by atoms with Crippen molar-refractivity contribution in [2.45, 2.75) is 26.2 Å². The van der Waals surface area contributed by atoms with Gasteiger partial charge in [0.2, 0.25) is 5.91 Å². The molecular formula is C28H26N4O2S2. The molecule has 1 aliphatic rings. The number of benzene rings is 2. The third-order valence-electron chi connectivity index (χ3n) is 5.74. The maximum atomic E-state index is 13.4. The Morgan fingerprint density at radius 1 is 1.03 bits per heavy atom. The molecule has 0 saturated carbocycles. The largest absolute Gasteiger partial charge is 0.353 e. The van der Waals surface area contributed by atoms with Gasteiger partial charge in [0.15, 0.2) is 0 Å². The molecule has 0 spiro atoms. The van der Waals surface area contributed by atoms with E-state index in [9.17, 15) is 14.9 Å². The molecule has 182 valence electrons. The Balaban J connectivity index is 1.55. The molecule has 8 heteroatoms. The molecule has 0 unspecified atom stereocenters. The fourth-order valence-corrected chi connectivity index (χ4v) is 5.68. The summed E-state index contributed by atoms with van der Waals surface area (Å²) in [7, 11) is 0. The number of hydrogen-bond acceptors (Lipinski definition) is 6. The van der Waals surface area contributed by atoms with Crippen molar-refractivity contribution in [2.75, 3.05) is 16.4 Å². The number of nitriles is 1. The summed E-state index contributed by atoms with van der Waals surface area (Å²) in [5.74, 6) is -0.835. The first kappa shape index (κ1) is 25.3. The number of rotatable bonds is 8. The Morgan fingerprint density at radius 3 is 2.39 bits per heavy atom. The second-order valence-corrected chi connectivity index (χ2v) is 10.1. The summed E-state index contributed by atoms with van der Waals surface area (Å²) < 4.78 is 0. The van der Waals surface area contributed by atoms with Gasteiger partial charge in [-0.2, -0.15) is 5.26 Å². The van der Waals surface area contributed by atoms with Crippen molar-refractivity contribution in [1.29, 1.82) is 5.26 Å². The first-order chi connectivity index (χ1) is 17.5. The van der Waals surface area contributed by atoms with Gasteiger partial charge in [0, 0.05) is 27.5 Å². The molecule has 0 aliphatic carbocycles. The highest BCUT2D eigenvalue weighted by atomic mass is 32.2. The number of amides is 2. The van der Waals surface area contributed by atoms with E-state index in [1.54, 1.807) is 0 Å². The summed E-state index contributed by atoms with van der Waals surface area (Å²) in [6.45, 7) is 3.91. The van der Waals surface area contributed by atoms with Crippen LogP contribution in [-0.2, 0) is 16.0 Å². The zero-order valence-electron chi connectivity index (χ0n) is 20.0. The van der Waals surface area contributed by atoms with Crippen LogP contribution >= 0.6 is 23.1 Å². The van der Waals surface area contributed by atoms with Crippen molar-refractivity contribution >= 4 is 46.3 Å². The van der Waals surface area contributed by atoms with Gasteiger partial charge in [0.05, 0.1) is 28.3 Å². The molecule has 0 bridgehead atoms. The number of para-hydroxylation sites is 1. The van der Waals surface area contributed by atoms with Gasteiger partial charge in [-0.15, -0.1) is 11.3 Å². The Hall–Kier alpha value is -3.80. The van der Waals surface area contributed by atoms with Gasteiger partial charge >= 0.3 is 0 Å². The molecule has 0 radical (unpaired) electrons. The van der Waals surface area contributed by atoms with E-state index in [0.717, 1.165) is 17.0 Å². The van der Waals surface area contributed by atoms with Crippen LogP contribution in [0.4, 0.5) is 11.4 Å². The number of thiophene rings is 1. The van der Waals surface area contributed by atoms with E-state index in [2.05, 4.69) is 28.9 Å². The third kappa shape index (κ3) is 5.88. The van der Waals surface area contributed by atoms with Crippen LogP contribution in [0.15, 0.2) is 94.0 Å². The van der Waals surface area contributed by atoms with E-state index < -0.39 is 5.92 Å². The highest BCUT2D eigenvalue weighted by Gasteiger charge is 2.35. The normalized spacial score (nSPS) is 15.2. The molecule has 1 atom stereocenters. The second-order valence-electron chi connectivity index (χ2n) is 8.17. The highest BCUT2D eigenvalue weighted by molar-refractivity contribution is 8.03. The summed E-state index contributed by atoms with van der Waals surface area (Å²) in [5.41, 5.74) is 4.18. The lowest BCUT2D eigenvalue weighted by Gasteiger charge is -2.29. The van der Waals surface area contributed by atoms with Crippen LogP contribution in [0.5, 0.6) is 0 Å². The van der Waals surface area contributed by atoms with Crippen LogP contribution in [-0.4, -0.2) is 17.6 Å². The van der Waals surface area contributed by atoms with Crippen molar-refractivity contribution < 1.29 is 9.59 Å². The molecule has 3 aromatic rings. The lowest BCUT2D eigenvalue weighted by Crippen LogP contribution is -2.30. The van der Waals surface area contributed by atoms with Crippen LogP contribution in [0.2, 0.25) is 0 Å². The molecule has 2 aromatic carbocycles. The molecule has 36 heavy (non-hydrogen) atoms. The van der Waals surface area contributed by atoms with Crippen LogP contribution < -0.4 is 16.0 Å². The maximum Gasteiger partial charge on any atom is 0.254 e. The molecule has 0 fully saturated rings. The number of dihydropyridines is 1. The number of nitrogens with one attached hydrogen (secondary N) is 3. The molecule has 6 nitrogen and oxygen atoms in total. The van der Waals surface area contributed by atoms with Crippen LogP contribution in [0, 0.1) is 11.3 Å². The summed E-state index contributed by atoms with van der Waals surface area (Å²) in [6.07, 6.45) is 0.935. The van der Waals surface area contributed by atoms with Crippen LogP contribution in [0.1, 0.15) is 30.2 Å². The van der Waals surface area contributed by atoms with Crippen LogP contribution in [0.3, 0.4) is 0 Å². The van der Waals surface area contributed by atoms with Crippen molar-refractivity contribution in [1.82, 2.24) is 5.32 Å². The molecular weight excluding hydrogens is 488 g/mol. The summed E-state index contributed by atoms with van der Waals surface area (Å²) in [6, 6.07) is 23.1. The summed E-state index contributed by atoms with van der Waals surface area (Å²) >= 11 is 2.75. The Kier molecular flexibility index (Phi) is 8.26. The fourth-order valence-electron chi connectivity index (χ4n) is 3.95. The topological polar surface area (TPSA) is 94.0 Å². The van der Waals surface area contributed by atoms with E-state index in [1.165, 1.54) is 28.7 Å². The van der Waals surface area contributed by atoms with Gasteiger partial charge in [-0.3, -0.25) is 9.59 Å². The van der Waals surface area contributed by atoms with Gasteiger partial charge in [-0.1, -0.05) is 55.1 Å². The van der Waals surface area contributed by atoms with Crippen LogP contribution in [0.25, 0.3) is 0 Å². The molecule has 4 rings (SSSR count). The number of carbonyl (C=O) groups is 2. The van der Waals surface area contributed by atoms with Gasteiger partial charge in [-0.05, 0) is 54.6 Å². The van der Waals surface area contributed by atoms with Gasteiger partial charge < -0.3 is 16.0 Å². The summed E-state index contributed by atoms with van der Waals surface area (Å²) in [5, 5.41) is 21.7. The zero-order chi connectivity index (χ0) is 25.5. The van der Waals surface area contributed by atoms with Crippen molar-refractivity contribution in [3.63, 3.8) is 0 Å². The highest BCUT2D eigenvalue weighted by Crippen LogP contribution is 2.42. The minimum absolute atomic E-state index is 0.124. The maximum absolute atomic E-state index is 13.4. The monoisotopic (exact) mass is 514 g/mol. The lowest BCUT2D eigenvalue weighted by molar-refractivity contribution is -0.114. The first-order valence-corrected chi connectivity index (χ1v) is 13.4. The second kappa shape index (κ2) is 11.8. The Labute approximate surface area is 219 Å². The Bertz CT molecular complexity index is 1340. The number of allylic oxidation sites excluding steroid dienone is 2. The number of carbonyl (C=O) groups excluding carboxylic acids is 2. The quantitative estimate of drug-likeness (QED) is 0.342. The molecule has 1 aliphatic heterocycles.